The van der Waals surface area contributed by atoms with E-state index in [-0.39, 0.29) is 0 Å². The van der Waals surface area contributed by atoms with Gasteiger partial charge >= 0.3 is 5.97 Å². The van der Waals surface area contributed by atoms with Gasteiger partial charge in [0.1, 0.15) is 22.8 Å². The number of aryl methyl sites for hydroxylation is 1. The Balaban J connectivity index is 2.40. The maximum absolute atomic E-state index is 11.9. The van der Waals surface area contributed by atoms with Gasteiger partial charge in [0, 0.05) is 25.9 Å². The van der Waals surface area contributed by atoms with Crippen LogP contribution in [0.25, 0.3) is 11.3 Å². The summed E-state index contributed by atoms with van der Waals surface area (Å²) in [4.78, 5) is 18.1. The summed E-state index contributed by atoms with van der Waals surface area (Å²) in [6, 6.07) is 3.70. The highest BCUT2D eigenvalue weighted by Gasteiger charge is 2.22. The van der Waals surface area contributed by atoms with Gasteiger partial charge in [-0.2, -0.15) is 0 Å². The van der Waals surface area contributed by atoms with E-state index in [0.717, 1.165) is 11.4 Å². The van der Waals surface area contributed by atoms with Crippen molar-refractivity contribution >= 4 is 11.8 Å². The van der Waals surface area contributed by atoms with Gasteiger partial charge in [-0.05, 0) is 26.0 Å². The lowest BCUT2D eigenvalue weighted by Gasteiger charge is -2.10. The summed E-state index contributed by atoms with van der Waals surface area (Å²) in [5, 5.41) is 3.93. The molecule has 6 heteroatoms. The molecule has 2 heterocycles. The summed E-state index contributed by atoms with van der Waals surface area (Å²) in [5.74, 6) is 0.833. The lowest BCUT2D eigenvalue weighted by molar-refractivity contribution is 0.0525. The molecule has 0 unspecified atom stereocenters. The molecule has 0 aromatic carbocycles. The largest absolute Gasteiger partial charge is 0.462 e. The van der Waals surface area contributed by atoms with E-state index < -0.39 is 5.97 Å². The Bertz CT molecular complexity index is 603. The van der Waals surface area contributed by atoms with E-state index in [2.05, 4.69) is 10.1 Å². The molecule has 2 aromatic rings. The molecule has 0 spiro atoms. The van der Waals surface area contributed by atoms with Crippen LogP contribution in [-0.2, 0) is 4.74 Å². The highest BCUT2D eigenvalue weighted by molar-refractivity contribution is 5.97. The van der Waals surface area contributed by atoms with Crippen LogP contribution in [0.5, 0.6) is 0 Å². The van der Waals surface area contributed by atoms with Gasteiger partial charge in [0.05, 0.1) is 6.61 Å². The van der Waals surface area contributed by atoms with E-state index in [1.807, 2.05) is 31.1 Å². The second-order valence-electron chi connectivity index (χ2n) is 4.48. The van der Waals surface area contributed by atoms with Crippen molar-refractivity contribution in [2.24, 2.45) is 0 Å². The van der Waals surface area contributed by atoms with Crippen molar-refractivity contribution in [3.63, 3.8) is 0 Å². The minimum absolute atomic E-state index is 0.306. The Kier molecular flexibility index (Phi) is 4.02. The van der Waals surface area contributed by atoms with Crippen LogP contribution in [0.15, 0.2) is 22.9 Å². The Labute approximate surface area is 117 Å². The molecule has 6 nitrogen and oxygen atoms in total. The number of pyridine rings is 1. The molecule has 0 saturated heterocycles. The minimum Gasteiger partial charge on any atom is -0.462 e. The number of carbonyl (C=O) groups excluding carboxylic acids is 1. The van der Waals surface area contributed by atoms with Crippen LogP contribution in [0, 0.1) is 6.92 Å². The number of hydrogen-bond acceptors (Lipinski definition) is 6. The SMILES string of the molecule is CCOC(=O)c1c(-c2ccc(N(C)C)nc2)noc1C. The molecular formula is C14H17N3O3. The molecule has 0 saturated carbocycles. The average Bonchev–Trinajstić information content (AvgIpc) is 2.81. The predicted molar refractivity (Wildman–Crippen MR) is 74.8 cm³/mol. The molecule has 0 aliphatic carbocycles. The minimum atomic E-state index is -0.432. The van der Waals surface area contributed by atoms with Crippen LogP contribution in [0.2, 0.25) is 0 Å². The zero-order valence-corrected chi connectivity index (χ0v) is 12.0. The molecule has 106 valence electrons. The first-order chi connectivity index (χ1) is 9.54. The number of nitrogens with zero attached hydrogens (tertiary/aromatic N) is 3. The smallest absolute Gasteiger partial charge is 0.344 e. The third-order valence-electron chi connectivity index (χ3n) is 2.82. The summed E-state index contributed by atoms with van der Waals surface area (Å²) in [6.07, 6.45) is 1.66. The molecule has 2 aromatic heterocycles. The van der Waals surface area contributed by atoms with Crippen LogP contribution in [-0.4, -0.2) is 36.8 Å². The monoisotopic (exact) mass is 275 g/mol. The van der Waals surface area contributed by atoms with Crippen molar-refractivity contribution in [3.05, 3.63) is 29.7 Å². The molecular weight excluding hydrogens is 258 g/mol. The standard InChI is InChI=1S/C14H17N3O3/c1-5-19-14(18)12-9(2)20-16-13(12)10-6-7-11(15-8-10)17(3)4/h6-8H,5H2,1-4H3. The number of carbonyl (C=O) groups is 1. The van der Waals surface area contributed by atoms with Crippen molar-refractivity contribution in [2.45, 2.75) is 13.8 Å². The van der Waals surface area contributed by atoms with Crippen LogP contribution in [0.4, 0.5) is 5.82 Å². The molecule has 0 amide bonds. The van der Waals surface area contributed by atoms with Crippen LogP contribution < -0.4 is 4.90 Å². The molecule has 0 aliphatic rings. The second-order valence-corrected chi connectivity index (χ2v) is 4.48. The first-order valence-corrected chi connectivity index (χ1v) is 6.31. The average molecular weight is 275 g/mol. The number of anilines is 1. The van der Waals surface area contributed by atoms with E-state index >= 15 is 0 Å². The fourth-order valence-corrected chi connectivity index (χ4v) is 1.80. The van der Waals surface area contributed by atoms with E-state index in [4.69, 9.17) is 9.26 Å². The molecule has 0 radical (unpaired) electrons. The van der Waals surface area contributed by atoms with Gasteiger partial charge in [0.15, 0.2) is 0 Å². The van der Waals surface area contributed by atoms with E-state index in [9.17, 15) is 4.79 Å². The Hall–Kier alpha value is -2.37. The van der Waals surface area contributed by atoms with Gasteiger partial charge in [0.25, 0.3) is 0 Å². The lowest BCUT2D eigenvalue weighted by Crippen LogP contribution is -2.10. The van der Waals surface area contributed by atoms with E-state index in [0.29, 0.717) is 23.6 Å². The Morgan fingerprint density at radius 1 is 1.40 bits per heavy atom. The number of aromatic nitrogens is 2. The molecule has 2 rings (SSSR count). The van der Waals surface area contributed by atoms with Crippen LogP contribution >= 0.6 is 0 Å². The van der Waals surface area contributed by atoms with Gasteiger partial charge in [-0.15, -0.1) is 0 Å². The van der Waals surface area contributed by atoms with E-state index in [1.54, 1.807) is 20.0 Å². The highest BCUT2D eigenvalue weighted by Crippen LogP contribution is 2.26. The summed E-state index contributed by atoms with van der Waals surface area (Å²) in [7, 11) is 3.82. The molecule has 0 N–H and O–H groups in total. The van der Waals surface area contributed by atoms with Gasteiger partial charge in [0.2, 0.25) is 0 Å². The Morgan fingerprint density at radius 2 is 2.15 bits per heavy atom. The van der Waals surface area contributed by atoms with Crippen molar-refractivity contribution in [1.29, 1.82) is 0 Å². The summed E-state index contributed by atoms with van der Waals surface area (Å²) >= 11 is 0. The molecule has 0 atom stereocenters. The van der Waals surface area contributed by atoms with Crippen LogP contribution in [0.3, 0.4) is 0 Å². The van der Waals surface area contributed by atoms with Crippen molar-refractivity contribution in [3.8, 4) is 11.3 Å². The zero-order chi connectivity index (χ0) is 14.7. The normalized spacial score (nSPS) is 10.4. The number of esters is 1. The highest BCUT2D eigenvalue weighted by atomic mass is 16.5. The van der Waals surface area contributed by atoms with E-state index in [1.165, 1.54) is 0 Å². The molecule has 0 aliphatic heterocycles. The molecule has 0 fully saturated rings. The third-order valence-corrected chi connectivity index (χ3v) is 2.82. The maximum atomic E-state index is 11.9. The fourth-order valence-electron chi connectivity index (χ4n) is 1.80. The number of rotatable bonds is 4. The molecule has 20 heavy (non-hydrogen) atoms. The topological polar surface area (TPSA) is 68.5 Å². The first kappa shape index (κ1) is 14.0. The van der Waals surface area contributed by atoms with Crippen LogP contribution in [0.1, 0.15) is 23.0 Å². The fraction of sp³-hybridized carbons (Fsp3) is 0.357. The summed E-state index contributed by atoms with van der Waals surface area (Å²) in [6.45, 7) is 3.75. The van der Waals surface area contributed by atoms with Crippen molar-refractivity contribution in [2.75, 3.05) is 25.6 Å². The number of hydrogen-bond donors (Lipinski definition) is 0. The van der Waals surface area contributed by atoms with Gasteiger partial charge in [-0.1, -0.05) is 5.16 Å². The van der Waals surface area contributed by atoms with Crippen molar-refractivity contribution < 1.29 is 14.1 Å². The lowest BCUT2D eigenvalue weighted by atomic mass is 10.1. The second kappa shape index (κ2) is 5.73. The first-order valence-electron chi connectivity index (χ1n) is 6.31. The van der Waals surface area contributed by atoms with Crippen molar-refractivity contribution in [1.82, 2.24) is 10.1 Å². The zero-order valence-electron chi connectivity index (χ0n) is 12.0. The summed E-state index contributed by atoms with van der Waals surface area (Å²) < 4.78 is 10.1. The van der Waals surface area contributed by atoms with Gasteiger partial charge < -0.3 is 14.2 Å². The Morgan fingerprint density at radius 3 is 2.70 bits per heavy atom. The summed E-state index contributed by atoms with van der Waals surface area (Å²) in [5.41, 5.74) is 1.53. The molecule has 0 bridgehead atoms. The third kappa shape index (κ3) is 2.64. The quantitative estimate of drug-likeness (QED) is 0.797. The predicted octanol–water partition coefficient (Wildman–Crippen LogP) is 2.29. The number of ether oxygens (including phenoxy) is 1. The van der Waals surface area contributed by atoms with Gasteiger partial charge in [-0.3, -0.25) is 0 Å². The maximum Gasteiger partial charge on any atom is 0.344 e. The van der Waals surface area contributed by atoms with Gasteiger partial charge in [-0.25, -0.2) is 9.78 Å².